The minimum atomic E-state index is 0. The number of hydrogen-bond acceptors (Lipinski definition) is 3. The van der Waals surface area contributed by atoms with E-state index in [1.807, 2.05) is 6.07 Å². The molecule has 1 atom stereocenters. The van der Waals surface area contributed by atoms with E-state index in [9.17, 15) is 5.11 Å². The summed E-state index contributed by atoms with van der Waals surface area (Å²) in [5.74, 6) is 0.898. The second kappa shape index (κ2) is 8.95. The third-order valence-corrected chi connectivity index (χ3v) is 5.26. The molecule has 0 aromatic heterocycles. The Kier molecular flexibility index (Phi) is 8.27. The van der Waals surface area contributed by atoms with Crippen LogP contribution in [0.25, 0.3) is 0 Å². The van der Waals surface area contributed by atoms with Gasteiger partial charge in [-0.15, -0.1) is 24.8 Å². The van der Waals surface area contributed by atoms with E-state index in [0.29, 0.717) is 17.0 Å². The van der Waals surface area contributed by atoms with Crippen LogP contribution in [-0.4, -0.2) is 36.2 Å². The number of phenols is 1. The van der Waals surface area contributed by atoms with Gasteiger partial charge in [0.05, 0.1) is 5.02 Å². The number of hydrogen-bond donors (Lipinski definition) is 2. The Morgan fingerprint density at radius 1 is 1.23 bits per heavy atom. The van der Waals surface area contributed by atoms with Gasteiger partial charge in [-0.25, -0.2) is 0 Å². The summed E-state index contributed by atoms with van der Waals surface area (Å²) in [7, 11) is 0. The quantitative estimate of drug-likeness (QED) is 0.743. The van der Waals surface area contributed by atoms with Gasteiger partial charge in [0.2, 0.25) is 0 Å². The second-order valence-corrected chi connectivity index (χ2v) is 7.07. The molecule has 7 heteroatoms. The molecule has 1 saturated heterocycles. The molecule has 2 aliphatic rings. The lowest BCUT2D eigenvalue weighted by atomic mass is 9.76. The Morgan fingerprint density at radius 3 is 2.41 bits per heavy atom. The molecule has 0 bridgehead atoms. The summed E-state index contributed by atoms with van der Waals surface area (Å²) in [5.41, 5.74) is 0.982. The highest BCUT2D eigenvalue weighted by molar-refractivity contribution is 9.10. The van der Waals surface area contributed by atoms with E-state index < -0.39 is 0 Å². The predicted octanol–water partition coefficient (Wildman–Crippen LogP) is 4.40. The molecule has 2 fully saturated rings. The van der Waals surface area contributed by atoms with Crippen LogP contribution in [0.2, 0.25) is 5.02 Å². The molecule has 1 heterocycles. The van der Waals surface area contributed by atoms with Crippen LogP contribution in [-0.2, 0) is 0 Å². The summed E-state index contributed by atoms with van der Waals surface area (Å²) in [6.45, 7) is 4.10. The van der Waals surface area contributed by atoms with Crippen molar-refractivity contribution in [3.8, 4) is 5.75 Å². The van der Waals surface area contributed by atoms with Gasteiger partial charge in [0.15, 0.2) is 0 Å². The van der Waals surface area contributed by atoms with Crippen molar-refractivity contribution in [3.63, 3.8) is 0 Å². The maximum Gasteiger partial charge on any atom is 0.139 e. The molecule has 126 valence electrons. The summed E-state index contributed by atoms with van der Waals surface area (Å²) in [4.78, 5) is 2.50. The van der Waals surface area contributed by atoms with E-state index >= 15 is 0 Å². The van der Waals surface area contributed by atoms with Gasteiger partial charge in [0, 0.05) is 42.3 Å². The Hall–Kier alpha value is 0.290. The lowest BCUT2D eigenvalue weighted by molar-refractivity contribution is 0.0819. The van der Waals surface area contributed by atoms with Crippen LogP contribution >= 0.6 is 52.3 Å². The predicted molar refractivity (Wildman–Crippen MR) is 99.8 cm³/mol. The van der Waals surface area contributed by atoms with E-state index in [2.05, 4.69) is 26.1 Å². The summed E-state index contributed by atoms with van der Waals surface area (Å²) in [5, 5.41) is 14.2. The summed E-state index contributed by atoms with van der Waals surface area (Å²) >= 11 is 9.66. The molecule has 0 amide bonds. The zero-order valence-corrected chi connectivity index (χ0v) is 16.2. The van der Waals surface area contributed by atoms with Crippen LogP contribution in [0.15, 0.2) is 16.6 Å². The number of rotatable bonds is 3. The maximum atomic E-state index is 10.4. The number of halogens is 4. The van der Waals surface area contributed by atoms with Gasteiger partial charge in [-0.1, -0.05) is 34.0 Å². The van der Waals surface area contributed by atoms with Crippen molar-refractivity contribution in [3.05, 3.63) is 27.2 Å². The molecule has 0 spiro atoms. The second-order valence-electron chi connectivity index (χ2n) is 5.75. The number of piperazine rings is 1. The SMILES string of the molecule is Cl.Cl.Oc1c(Cl)cc(Br)cc1[C@@H](C1CCC1)N1CCNCC1. The number of nitrogens with one attached hydrogen (secondary N) is 1. The third kappa shape index (κ3) is 4.22. The van der Waals surface area contributed by atoms with Crippen molar-refractivity contribution in [1.29, 1.82) is 0 Å². The first-order chi connectivity index (χ1) is 9.66. The van der Waals surface area contributed by atoms with Gasteiger partial charge < -0.3 is 10.4 Å². The molecule has 1 saturated carbocycles. The van der Waals surface area contributed by atoms with E-state index in [4.69, 9.17) is 11.6 Å². The molecule has 0 unspecified atom stereocenters. The Balaban J connectivity index is 0.00000121. The minimum Gasteiger partial charge on any atom is -0.506 e. The maximum absolute atomic E-state index is 10.4. The van der Waals surface area contributed by atoms with E-state index in [1.54, 1.807) is 6.07 Å². The average molecular weight is 433 g/mol. The standard InChI is InChI=1S/C15H20BrClN2O.2ClH/c16-11-8-12(15(20)13(17)9-11)14(10-2-1-3-10)19-6-4-18-5-7-19;;/h8-10,14,18,20H,1-7H2;2*1H/t14-;;/m1../s1. The van der Waals surface area contributed by atoms with E-state index in [0.717, 1.165) is 36.2 Å². The zero-order valence-electron chi connectivity index (χ0n) is 12.2. The lowest BCUT2D eigenvalue weighted by Gasteiger charge is -2.43. The first-order valence-corrected chi connectivity index (χ1v) is 8.46. The molecule has 1 aromatic carbocycles. The van der Waals surface area contributed by atoms with E-state index in [1.165, 1.54) is 19.3 Å². The fourth-order valence-electron chi connectivity index (χ4n) is 3.28. The molecule has 1 aliphatic carbocycles. The lowest BCUT2D eigenvalue weighted by Crippen LogP contribution is -2.47. The molecule has 0 radical (unpaired) electrons. The van der Waals surface area contributed by atoms with Gasteiger partial charge >= 0.3 is 0 Å². The molecule has 3 nitrogen and oxygen atoms in total. The van der Waals surface area contributed by atoms with E-state index in [-0.39, 0.29) is 30.6 Å². The number of aromatic hydroxyl groups is 1. The van der Waals surface area contributed by atoms with Crippen molar-refractivity contribution in [2.45, 2.75) is 25.3 Å². The minimum absolute atomic E-state index is 0. The molecule has 2 N–H and O–H groups in total. The highest BCUT2D eigenvalue weighted by Gasteiger charge is 2.35. The number of benzene rings is 1. The Morgan fingerprint density at radius 2 is 1.86 bits per heavy atom. The van der Waals surface area contributed by atoms with Crippen LogP contribution in [0, 0.1) is 5.92 Å². The van der Waals surface area contributed by atoms with Gasteiger partial charge in [0.25, 0.3) is 0 Å². The molecule has 22 heavy (non-hydrogen) atoms. The highest BCUT2D eigenvalue weighted by atomic mass is 79.9. The first-order valence-electron chi connectivity index (χ1n) is 7.29. The third-order valence-electron chi connectivity index (χ3n) is 4.52. The molecule has 3 rings (SSSR count). The summed E-state index contributed by atoms with van der Waals surface area (Å²) in [6.07, 6.45) is 3.80. The van der Waals surface area contributed by atoms with Crippen molar-refractivity contribution < 1.29 is 5.11 Å². The van der Waals surface area contributed by atoms with Crippen LogP contribution < -0.4 is 5.32 Å². The molecule has 1 aromatic rings. The van der Waals surface area contributed by atoms with Crippen molar-refractivity contribution >= 4 is 52.3 Å². The van der Waals surface area contributed by atoms with Crippen molar-refractivity contribution in [1.82, 2.24) is 10.2 Å². The number of phenolic OH excluding ortho intramolecular Hbond substituents is 1. The van der Waals surface area contributed by atoms with Crippen molar-refractivity contribution in [2.75, 3.05) is 26.2 Å². The van der Waals surface area contributed by atoms with Crippen molar-refractivity contribution in [2.24, 2.45) is 5.92 Å². The fourth-order valence-corrected chi connectivity index (χ4v) is 4.11. The largest absolute Gasteiger partial charge is 0.506 e. The average Bonchev–Trinajstić information content (AvgIpc) is 2.39. The normalized spacial score (nSPS) is 20.5. The summed E-state index contributed by atoms with van der Waals surface area (Å²) < 4.78 is 0.940. The fraction of sp³-hybridized carbons (Fsp3) is 0.600. The summed E-state index contributed by atoms with van der Waals surface area (Å²) in [6, 6.07) is 4.09. The van der Waals surface area contributed by atoms with Crippen LogP contribution in [0.4, 0.5) is 0 Å². The monoisotopic (exact) mass is 430 g/mol. The highest BCUT2D eigenvalue weighted by Crippen LogP contribution is 2.46. The van der Waals surface area contributed by atoms with Gasteiger partial charge in [-0.2, -0.15) is 0 Å². The van der Waals surface area contributed by atoms with Crippen LogP contribution in [0.5, 0.6) is 5.75 Å². The van der Waals surface area contributed by atoms with Gasteiger partial charge in [-0.05, 0) is 30.9 Å². The Bertz CT molecular complexity index is 494. The zero-order chi connectivity index (χ0) is 14.1. The van der Waals surface area contributed by atoms with Crippen LogP contribution in [0.3, 0.4) is 0 Å². The van der Waals surface area contributed by atoms with Crippen LogP contribution in [0.1, 0.15) is 30.9 Å². The first kappa shape index (κ1) is 20.3. The van der Waals surface area contributed by atoms with Gasteiger partial charge in [0.1, 0.15) is 5.75 Å². The topological polar surface area (TPSA) is 35.5 Å². The molecular weight excluding hydrogens is 410 g/mol. The van der Waals surface area contributed by atoms with Gasteiger partial charge in [-0.3, -0.25) is 4.90 Å². The smallest absolute Gasteiger partial charge is 0.139 e. The Labute approximate surface area is 157 Å². The number of nitrogens with zero attached hydrogens (tertiary/aromatic N) is 1. The molecular formula is C15H22BrCl3N2O. The molecule has 1 aliphatic heterocycles.